The molecule has 1 unspecified atom stereocenters. The van der Waals surface area contributed by atoms with Gasteiger partial charge < -0.3 is 5.32 Å². The van der Waals surface area contributed by atoms with Gasteiger partial charge in [-0.3, -0.25) is 19.4 Å². The van der Waals surface area contributed by atoms with E-state index in [0.29, 0.717) is 10.6 Å². The van der Waals surface area contributed by atoms with E-state index in [4.69, 9.17) is 12.2 Å². The lowest BCUT2D eigenvalue weighted by molar-refractivity contribution is -0.122. The number of carbonyl (C=O) groups excluding carboxylic acids is 1. The molecule has 1 atom stereocenters. The molecule has 3 aromatic rings. The lowest BCUT2D eigenvalue weighted by Gasteiger charge is -2.14. The van der Waals surface area contributed by atoms with Gasteiger partial charge in [-0.25, -0.2) is 0 Å². The van der Waals surface area contributed by atoms with E-state index in [1.165, 1.54) is 0 Å². The standard InChI is InChI=1S/C18H19N5OS/c1-12-5-7-14(8-6-12)17-21-22-18(25)23(17)11-16(24)20-13(2)15-4-3-9-19-10-15/h3-10,13H,11H2,1-2H3,(H,20,24)(H,22,25). The fraction of sp³-hybridized carbons (Fsp3) is 0.222. The minimum atomic E-state index is -0.137. The molecule has 2 aromatic heterocycles. The third-order valence-electron chi connectivity index (χ3n) is 3.93. The maximum atomic E-state index is 12.4. The quantitative estimate of drug-likeness (QED) is 0.691. The van der Waals surface area contributed by atoms with Crippen LogP contribution in [0.2, 0.25) is 0 Å². The highest BCUT2D eigenvalue weighted by atomic mass is 32.1. The van der Waals surface area contributed by atoms with Crippen molar-refractivity contribution in [1.82, 2.24) is 25.1 Å². The van der Waals surface area contributed by atoms with E-state index in [0.717, 1.165) is 16.7 Å². The molecule has 6 nitrogen and oxygen atoms in total. The molecule has 1 amide bonds. The molecule has 128 valence electrons. The number of hydrogen-bond acceptors (Lipinski definition) is 4. The van der Waals surface area contributed by atoms with Gasteiger partial charge in [0, 0.05) is 18.0 Å². The number of carbonyl (C=O) groups is 1. The van der Waals surface area contributed by atoms with Gasteiger partial charge in [0.15, 0.2) is 10.6 Å². The van der Waals surface area contributed by atoms with Gasteiger partial charge in [0.25, 0.3) is 0 Å². The molecule has 2 heterocycles. The average Bonchev–Trinajstić information content (AvgIpc) is 2.97. The van der Waals surface area contributed by atoms with Gasteiger partial charge >= 0.3 is 0 Å². The van der Waals surface area contributed by atoms with Crippen molar-refractivity contribution in [3.05, 3.63) is 64.7 Å². The van der Waals surface area contributed by atoms with Crippen LogP contribution in [0.3, 0.4) is 0 Å². The number of aromatic amines is 1. The molecule has 0 aliphatic heterocycles. The van der Waals surface area contributed by atoms with Crippen LogP contribution in [0.5, 0.6) is 0 Å². The van der Waals surface area contributed by atoms with Gasteiger partial charge in [0.1, 0.15) is 6.54 Å². The van der Waals surface area contributed by atoms with Crippen molar-refractivity contribution in [2.24, 2.45) is 0 Å². The molecule has 0 aliphatic rings. The highest BCUT2D eigenvalue weighted by molar-refractivity contribution is 7.71. The van der Waals surface area contributed by atoms with E-state index in [9.17, 15) is 4.79 Å². The molecule has 0 saturated heterocycles. The van der Waals surface area contributed by atoms with Crippen molar-refractivity contribution in [3.63, 3.8) is 0 Å². The number of hydrogen-bond donors (Lipinski definition) is 2. The van der Waals surface area contributed by atoms with E-state index in [1.54, 1.807) is 17.0 Å². The number of rotatable bonds is 5. The molecule has 0 radical (unpaired) electrons. The first-order valence-electron chi connectivity index (χ1n) is 7.96. The molecule has 0 spiro atoms. The lowest BCUT2D eigenvalue weighted by Crippen LogP contribution is -2.30. The fourth-order valence-electron chi connectivity index (χ4n) is 2.53. The van der Waals surface area contributed by atoms with Crippen LogP contribution in [0, 0.1) is 11.7 Å². The normalized spacial score (nSPS) is 11.9. The maximum Gasteiger partial charge on any atom is 0.240 e. The van der Waals surface area contributed by atoms with Crippen molar-refractivity contribution >= 4 is 18.1 Å². The Morgan fingerprint density at radius 2 is 2.08 bits per heavy atom. The van der Waals surface area contributed by atoms with Crippen molar-refractivity contribution in [2.75, 3.05) is 0 Å². The van der Waals surface area contributed by atoms with Crippen LogP contribution in [0.4, 0.5) is 0 Å². The number of nitrogens with one attached hydrogen (secondary N) is 2. The zero-order chi connectivity index (χ0) is 17.8. The zero-order valence-corrected chi connectivity index (χ0v) is 14.9. The molecule has 1 aromatic carbocycles. The molecule has 2 N–H and O–H groups in total. The summed E-state index contributed by atoms with van der Waals surface area (Å²) >= 11 is 5.28. The molecule has 0 aliphatic carbocycles. The first-order chi connectivity index (χ1) is 12.0. The Morgan fingerprint density at radius 1 is 1.32 bits per heavy atom. The van der Waals surface area contributed by atoms with Crippen LogP contribution in [0.15, 0.2) is 48.8 Å². The third kappa shape index (κ3) is 4.00. The second kappa shape index (κ2) is 7.40. The minimum absolute atomic E-state index is 0.100. The summed E-state index contributed by atoms with van der Waals surface area (Å²) in [7, 11) is 0. The SMILES string of the molecule is Cc1ccc(-c2n[nH]c(=S)n2CC(=O)NC(C)c2cccnc2)cc1. The summed E-state index contributed by atoms with van der Waals surface area (Å²) in [6, 6.07) is 11.6. The van der Waals surface area contributed by atoms with Gasteiger partial charge in [-0.2, -0.15) is 5.10 Å². The molecule has 0 bridgehead atoms. The smallest absolute Gasteiger partial charge is 0.240 e. The number of pyridine rings is 1. The van der Waals surface area contributed by atoms with Crippen molar-refractivity contribution in [1.29, 1.82) is 0 Å². The van der Waals surface area contributed by atoms with Crippen LogP contribution >= 0.6 is 12.2 Å². The summed E-state index contributed by atoms with van der Waals surface area (Å²) in [5, 5.41) is 9.99. The zero-order valence-electron chi connectivity index (χ0n) is 14.1. The van der Waals surface area contributed by atoms with Crippen LogP contribution < -0.4 is 5.32 Å². The van der Waals surface area contributed by atoms with Gasteiger partial charge in [-0.05, 0) is 37.7 Å². The summed E-state index contributed by atoms with van der Waals surface area (Å²) in [5.41, 5.74) is 3.02. The fourth-order valence-corrected chi connectivity index (χ4v) is 2.73. The van der Waals surface area contributed by atoms with Crippen LogP contribution in [0.1, 0.15) is 24.1 Å². The van der Waals surface area contributed by atoms with Gasteiger partial charge in [0.05, 0.1) is 6.04 Å². The van der Waals surface area contributed by atoms with Gasteiger partial charge in [0.2, 0.25) is 5.91 Å². The predicted octanol–water partition coefficient (Wildman–Crippen LogP) is 3.19. The van der Waals surface area contributed by atoms with E-state index in [-0.39, 0.29) is 18.5 Å². The van der Waals surface area contributed by atoms with E-state index in [1.807, 2.05) is 50.2 Å². The van der Waals surface area contributed by atoms with Crippen molar-refractivity contribution in [2.45, 2.75) is 26.4 Å². The molecule has 0 fully saturated rings. The number of nitrogens with zero attached hydrogens (tertiary/aromatic N) is 3. The Morgan fingerprint density at radius 3 is 2.76 bits per heavy atom. The molecular weight excluding hydrogens is 334 g/mol. The highest BCUT2D eigenvalue weighted by Gasteiger charge is 2.14. The van der Waals surface area contributed by atoms with Gasteiger partial charge in [-0.15, -0.1) is 0 Å². The summed E-state index contributed by atoms with van der Waals surface area (Å²) in [5.74, 6) is 0.511. The Balaban J connectivity index is 1.77. The highest BCUT2D eigenvalue weighted by Crippen LogP contribution is 2.18. The first-order valence-corrected chi connectivity index (χ1v) is 8.37. The molecule has 3 rings (SSSR count). The first kappa shape index (κ1) is 17.0. The third-order valence-corrected chi connectivity index (χ3v) is 4.24. The second-order valence-corrected chi connectivity index (χ2v) is 6.27. The average molecular weight is 353 g/mol. The Kier molecular flexibility index (Phi) is 5.04. The molecule has 25 heavy (non-hydrogen) atoms. The summed E-state index contributed by atoms with van der Waals surface area (Å²) in [4.78, 5) is 16.5. The van der Waals surface area contributed by atoms with Crippen LogP contribution in [0.25, 0.3) is 11.4 Å². The van der Waals surface area contributed by atoms with E-state index >= 15 is 0 Å². The van der Waals surface area contributed by atoms with Crippen LogP contribution in [-0.2, 0) is 11.3 Å². The predicted molar refractivity (Wildman–Crippen MR) is 98.4 cm³/mol. The molecular formula is C18H19N5OS. The Hall–Kier alpha value is -2.80. The minimum Gasteiger partial charge on any atom is -0.348 e. The second-order valence-electron chi connectivity index (χ2n) is 5.88. The number of amides is 1. The summed E-state index contributed by atoms with van der Waals surface area (Å²) in [6.45, 7) is 4.04. The number of benzene rings is 1. The Bertz CT molecular complexity index is 915. The maximum absolute atomic E-state index is 12.4. The largest absolute Gasteiger partial charge is 0.348 e. The number of aryl methyl sites for hydroxylation is 1. The summed E-state index contributed by atoms with van der Waals surface area (Å²) < 4.78 is 2.12. The summed E-state index contributed by atoms with van der Waals surface area (Å²) in [6.07, 6.45) is 3.45. The lowest BCUT2D eigenvalue weighted by atomic mass is 10.1. The van der Waals surface area contributed by atoms with E-state index in [2.05, 4.69) is 20.5 Å². The van der Waals surface area contributed by atoms with Crippen LogP contribution in [-0.4, -0.2) is 25.7 Å². The van der Waals surface area contributed by atoms with E-state index < -0.39 is 0 Å². The van der Waals surface area contributed by atoms with Crippen molar-refractivity contribution in [3.8, 4) is 11.4 Å². The van der Waals surface area contributed by atoms with Crippen molar-refractivity contribution < 1.29 is 4.79 Å². The Labute approximate surface area is 150 Å². The van der Waals surface area contributed by atoms with Gasteiger partial charge in [-0.1, -0.05) is 35.9 Å². The topological polar surface area (TPSA) is 75.6 Å². The number of aromatic nitrogens is 4. The molecule has 7 heteroatoms. The molecule has 0 saturated carbocycles. The number of H-pyrrole nitrogens is 1. The monoisotopic (exact) mass is 353 g/mol.